The zero-order valence-corrected chi connectivity index (χ0v) is 47.4. The highest BCUT2D eigenvalue weighted by Crippen LogP contribution is 2.18. The maximum Gasteiger partial charge on any atom is 0.305 e. The molecule has 0 saturated carbocycles. The van der Waals surface area contributed by atoms with Crippen LogP contribution in [-0.4, -0.2) is 138 Å². The zero-order valence-electron chi connectivity index (χ0n) is 41.7. The molecule has 0 unspecified atom stereocenters. The molecule has 7 atom stereocenters. The summed E-state index contributed by atoms with van der Waals surface area (Å²) in [6.07, 6.45) is 1.87. The number of carboxylic acids is 3. The van der Waals surface area contributed by atoms with Crippen LogP contribution in [0.25, 0.3) is 0 Å². The van der Waals surface area contributed by atoms with Crippen molar-refractivity contribution >= 4 is 122 Å². The Hall–Kier alpha value is -1.34. The van der Waals surface area contributed by atoms with E-state index in [2.05, 4.69) is 40.4 Å². The number of ketones is 5. The topological polar surface area (TPSA) is 257 Å². The van der Waals surface area contributed by atoms with Crippen molar-refractivity contribution in [3.63, 3.8) is 0 Å². The monoisotopic (exact) mass is 1040 g/mol. The van der Waals surface area contributed by atoms with Crippen LogP contribution in [0.5, 0.6) is 0 Å². The molecule has 0 aliphatic rings. The molecule has 0 fully saturated rings. The second-order valence-electron chi connectivity index (χ2n) is 13.0. The number of nitrogens with one attached hydrogen (secondary N) is 5. The van der Waals surface area contributed by atoms with Gasteiger partial charge in [-0.3, -0.25) is 38.4 Å². The summed E-state index contributed by atoms with van der Waals surface area (Å²) in [6.45, 7) is 26.9. The van der Waals surface area contributed by atoms with Gasteiger partial charge < -0.3 is 41.9 Å². The van der Waals surface area contributed by atoms with Crippen molar-refractivity contribution in [1.29, 1.82) is 0 Å². The van der Waals surface area contributed by atoms with E-state index >= 15 is 0 Å². The molecule has 0 bridgehead atoms. The molecule has 0 radical (unpaired) electrons. The summed E-state index contributed by atoms with van der Waals surface area (Å²) >= 11 is 0. The smallest absolute Gasteiger partial charge is 0.305 e. The van der Waals surface area contributed by atoms with Crippen LogP contribution in [0.1, 0.15) is 135 Å². The number of rotatable bonds is 29. The number of hydrogen-bond acceptors (Lipinski definition) is 15. The van der Waals surface area contributed by atoms with E-state index in [0.717, 1.165) is 19.3 Å². The summed E-state index contributed by atoms with van der Waals surface area (Å²) in [5, 5.41) is 40.0. The van der Waals surface area contributed by atoms with Gasteiger partial charge in [-0.25, -0.2) is 0 Å². The Morgan fingerprint density at radius 3 is 0.906 bits per heavy atom. The van der Waals surface area contributed by atoms with Gasteiger partial charge in [-0.1, -0.05) is 111 Å². The maximum absolute atomic E-state index is 12.0. The lowest BCUT2D eigenvalue weighted by atomic mass is 9.95. The summed E-state index contributed by atoms with van der Waals surface area (Å²) in [4.78, 5) is 88.9. The second-order valence-corrected chi connectivity index (χ2v) is 16.1. The number of likely N-dealkylation sites (N-methyl/N-ethyl adjacent to an activating group) is 2. The van der Waals surface area contributed by atoms with E-state index in [1.807, 2.05) is 83.9 Å². The minimum absolute atomic E-state index is 0. The van der Waals surface area contributed by atoms with Crippen LogP contribution >= 0.6 is 75.6 Å². The van der Waals surface area contributed by atoms with Crippen molar-refractivity contribution < 1.29 is 53.7 Å². The van der Waals surface area contributed by atoms with Crippen LogP contribution in [0.4, 0.5) is 0 Å². The largest absolute Gasteiger partial charge is 0.481 e. The van der Waals surface area contributed by atoms with E-state index in [4.69, 9.17) is 15.3 Å². The molecule has 0 heterocycles. The quantitative estimate of drug-likeness (QED) is 0.0328. The Morgan fingerprint density at radius 1 is 0.484 bits per heavy atom. The van der Waals surface area contributed by atoms with Gasteiger partial charge in [0.1, 0.15) is 17.3 Å². The van der Waals surface area contributed by atoms with Crippen LogP contribution in [0.15, 0.2) is 0 Å². The summed E-state index contributed by atoms with van der Waals surface area (Å²) < 4.78 is 0. The summed E-state index contributed by atoms with van der Waals surface area (Å²) in [7, 11) is 7.28. The molecule has 0 rings (SSSR count). The van der Waals surface area contributed by atoms with Crippen molar-refractivity contribution in [2.45, 2.75) is 166 Å². The molecule has 16 nitrogen and oxygen atoms in total. The van der Waals surface area contributed by atoms with Gasteiger partial charge in [0.15, 0.2) is 11.6 Å². The molecule has 388 valence electrons. The Balaban J connectivity index is -0.0000000763. The molecule has 22 heteroatoms. The summed E-state index contributed by atoms with van der Waals surface area (Å²) in [5.41, 5.74) is 0. The Bertz CT molecular complexity index is 1110. The first-order valence-electron chi connectivity index (χ1n) is 21.2. The fourth-order valence-corrected chi connectivity index (χ4v) is 6.09. The van der Waals surface area contributed by atoms with Crippen molar-refractivity contribution in [3.8, 4) is 0 Å². The Labute approximate surface area is 423 Å². The molecule has 0 amide bonds. The standard InChI is InChI=1S/2C13H24N2O4.C8H15NO3.C4H10S2.2C2H6.4H2S/c2*1-5-8(2)13(14-4)11(17)7-15-10(9(3)16)6-12(18)19;1-3-4-9-7(6(2)10)5-8(11)12;1-3-5-6-4-2;2*1-2;;;;/h2*8,10,13-15H,5-7H2,1-4H3,(H,18,19);7,9H,3-5H2,1-2H3,(H,11,12);3-4H2,1-2H3;2*1-2H3;4*1H2/t2*8-,10+,13+;7-;;;;;;;/m110......./s1. The van der Waals surface area contributed by atoms with Crippen LogP contribution in [-0.2, 0) is 38.4 Å². The first-order valence-corrected chi connectivity index (χ1v) is 23.6. The fourth-order valence-electron chi connectivity index (χ4n) is 4.75. The number of carbonyl (C=O) groups excluding carboxylic acids is 5. The zero-order chi connectivity index (χ0) is 48.4. The van der Waals surface area contributed by atoms with Gasteiger partial charge in [0, 0.05) is 11.5 Å². The van der Waals surface area contributed by atoms with Gasteiger partial charge in [0.2, 0.25) is 0 Å². The molecule has 64 heavy (non-hydrogen) atoms. The minimum Gasteiger partial charge on any atom is -0.481 e. The molecule has 0 saturated heterocycles. The number of Topliss-reactive ketones (excluding diaryl/α,β-unsaturated/α-hetero) is 5. The molecule has 8 N–H and O–H groups in total. The molecule has 0 spiro atoms. The molecule has 0 aliphatic carbocycles. The summed E-state index contributed by atoms with van der Waals surface area (Å²) in [6, 6.07) is -2.71. The summed E-state index contributed by atoms with van der Waals surface area (Å²) in [5.74, 6) is -1.02. The number of carboxylic acid groups (broad SMARTS) is 3. The van der Waals surface area contributed by atoms with E-state index in [-0.39, 0.29) is 139 Å². The molecule has 0 aromatic rings. The highest BCUT2D eigenvalue weighted by atomic mass is 33.1. The normalized spacial score (nSPS) is 12.6. The SMILES string of the molecule is CC.CC.CCCN[C@@H](CC(=O)O)C(C)=O.CCSSCC.CC[C@@H](C)[C@H](NC)C(=O)CN[C@@H](CC(=O)O)C(C)=O.CC[C@@H](C)[C@H](NC)C(=O)CN[C@@H](CC(=O)O)C(C)=O.S.S.S.S. The second kappa shape index (κ2) is 59.7. The van der Waals surface area contributed by atoms with E-state index < -0.39 is 36.0 Å². The predicted molar refractivity (Wildman–Crippen MR) is 290 cm³/mol. The number of carbonyl (C=O) groups is 8. The Kier molecular flexibility index (Phi) is 80.1. The van der Waals surface area contributed by atoms with Gasteiger partial charge in [-0.2, -0.15) is 54.0 Å². The van der Waals surface area contributed by atoms with Gasteiger partial charge in [0.25, 0.3) is 0 Å². The van der Waals surface area contributed by atoms with Crippen molar-refractivity contribution in [1.82, 2.24) is 26.6 Å². The Morgan fingerprint density at radius 2 is 0.734 bits per heavy atom. The highest BCUT2D eigenvalue weighted by molar-refractivity contribution is 8.76. The molecule has 0 aromatic carbocycles. The number of hydrogen-bond donors (Lipinski definition) is 8. The molecular weight excluding hydrogens is 943 g/mol. The lowest BCUT2D eigenvalue weighted by molar-refractivity contribution is -0.140. The van der Waals surface area contributed by atoms with Gasteiger partial charge in [0.05, 0.1) is 62.6 Å². The molecule has 0 aromatic heterocycles. The van der Waals surface area contributed by atoms with Crippen molar-refractivity contribution in [2.24, 2.45) is 11.8 Å². The third-order valence-electron chi connectivity index (χ3n) is 8.36. The number of aliphatic carboxylic acids is 3. The minimum atomic E-state index is -1.06. The van der Waals surface area contributed by atoms with E-state index in [1.165, 1.54) is 32.3 Å². The fraction of sp³-hybridized carbons (Fsp3) is 0.810. The lowest BCUT2D eigenvalue weighted by Crippen LogP contribution is -2.47. The van der Waals surface area contributed by atoms with Gasteiger partial charge in [-0.05, 0) is 59.7 Å². The van der Waals surface area contributed by atoms with Crippen molar-refractivity contribution in [2.75, 3.05) is 45.2 Å². The molecular formula is C42H93N5O11S6. The van der Waals surface area contributed by atoms with Crippen LogP contribution in [0.2, 0.25) is 0 Å². The maximum atomic E-state index is 12.0. The average Bonchev–Trinajstić information content (AvgIpc) is 3.20. The van der Waals surface area contributed by atoms with Crippen LogP contribution in [0, 0.1) is 11.8 Å². The first kappa shape index (κ1) is 85.9. The lowest BCUT2D eigenvalue weighted by Gasteiger charge is -2.22. The average molecular weight is 1040 g/mol. The van der Waals surface area contributed by atoms with Crippen LogP contribution < -0.4 is 26.6 Å². The van der Waals surface area contributed by atoms with E-state index in [9.17, 15) is 38.4 Å². The van der Waals surface area contributed by atoms with Crippen LogP contribution in [0.3, 0.4) is 0 Å². The van der Waals surface area contributed by atoms with Gasteiger partial charge >= 0.3 is 17.9 Å². The van der Waals surface area contributed by atoms with Gasteiger partial charge in [-0.15, -0.1) is 0 Å². The third-order valence-corrected chi connectivity index (χ3v) is 10.9. The predicted octanol–water partition coefficient (Wildman–Crippen LogP) is 5.75. The molecule has 0 aliphatic heterocycles. The van der Waals surface area contributed by atoms with Crippen molar-refractivity contribution in [3.05, 3.63) is 0 Å². The van der Waals surface area contributed by atoms with E-state index in [0.29, 0.717) is 6.54 Å². The first-order chi connectivity index (χ1) is 28.1. The van der Waals surface area contributed by atoms with E-state index in [1.54, 1.807) is 14.1 Å². The third kappa shape index (κ3) is 53.3. The highest BCUT2D eigenvalue weighted by Gasteiger charge is 2.26.